The predicted molar refractivity (Wildman–Crippen MR) is 150 cm³/mol. The summed E-state index contributed by atoms with van der Waals surface area (Å²) >= 11 is 0. The Morgan fingerprint density at radius 3 is 2.39 bits per heavy atom. The van der Waals surface area contributed by atoms with Gasteiger partial charge in [0.2, 0.25) is 23.6 Å². The van der Waals surface area contributed by atoms with Crippen LogP contribution in [0.3, 0.4) is 0 Å². The van der Waals surface area contributed by atoms with Crippen LogP contribution in [-0.2, 0) is 36.8 Å². The van der Waals surface area contributed by atoms with Crippen molar-refractivity contribution in [3.05, 3.63) is 71.9 Å². The fourth-order valence-corrected chi connectivity index (χ4v) is 5.14. The summed E-state index contributed by atoms with van der Waals surface area (Å²) in [7, 11) is 0. The van der Waals surface area contributed by atoms with Gasteiger partial charge in [0.1, 0.15) is 18.1 Å². The number of hydrogen-bond acceptors (Lipinski definition) is 6. The molecule has 4 rings (SSSR count). The molecule has 2 heterocycles. The van der Waals surface area contributed by atoms with Crippen LogP contribution in [0.2, 0.25) is 0 Å². The van der Waals surface area contributed by atoms with Crippen LogP contribution in [-0.4, -0.2) is 75.3 Å². The zero-order chi connectivity index (χ0) is 29.5. The molecule has 1 aliphatic heterocycles. The van der Waals surface area contributed by atoms with E-state index >= 15 is 0 Å². The van der Waals surface area contributed by atoms with Crippen LogP contribution < -0.4 is 22.1 Å². The molecular formula is C29H34N6O6. The molecule has 4 amide bonds. The van der Waals surface area contributed by atoms with E-state index in [2.05, 4.69) is 15.6 Å². The van der Waals surface area contributed by atoms with E-state index in [4.69, 9.17) is 11.5 Å². The average Bonchev–Trinajstić information content (AvgIpc) is 3.60. The van der Waals surface area contributed by atoms with E-state index in [1.807, 2.05) is 30.3 Å². The fourth-order valence-electron chi connectivity index (χ4n) is 5.14. The van der Waals surface area contributed by atoms with E-state index in [9.17, 15) is 29.1 Å². The van der Waals surface area contributed by atoms with Gasteiger partial charge in [-0.1, -0.05) is 48.5 Å². The number of hydrogen-bond donors (Lipinski definition) is 6. The van der Waals surface area contributed by atoms with Crippen molar-refractivity contribution in [1.29, 1.82) is 0 Å². The van der Waals surface area contributed by atoms with Gasteiger partial charge in [-0.05, 0) is 30.0 Å². The molecule has 0 aliphatic carbocycles. The lowest BCUT2D eigenvalue weighted by Gasteiger charge is -2.28. The number of H-pyrrole nitrogens is 1. The van der Waals surface area contributed by atoms with Crippen LogP contribution in [0, 0.1) is 0 Å². The van der Waals surface area contributed by atoms with Crippen LogP contribution in [0.5, 0.6) is 0 Å². The van der Waals surface area contributed by atoms with Gasteiger partial charge in [-0.15, -0.1) is 0 Å². The molecule has 12 heteroatoms. The van der Waals surface area contributed by atoms with Crippen molar-refractivity contribution in [2.45, 2.75) is 56.3 Å². The Hall–Kier alpha value is -4.71. The molecule has 0 radical (unpaired) electrons. The van der Waals surface area contributed by atoms with Crippen LogP contribution >= 0.6 is 0 Å². The third-order valence-corrected chi connectivity index (χ3v) is 7.21. The van der Waals surface area contributed by atoms with Crippen molar-refractivity contribution in [1.82, 2.24) is 20.5 Å². The molecule has 12 nitrogen and oxygen atoms in total. The van der Waals surface area contributed by atoms with Gasteiger partial charge in [0.05, 0.1) is 12.5 Å². The maximum atomic E-state index is 13.5. The van der Waals surface area contributed by atoms with Crippen LogP contribution in [0.15, 0.2) is 60.8 Å². The minimum Gasteiger partial charge on any atom is -0.480 e. The molecule has 1 fully saturated rings. The van der Waals surface area contributed by atoms with Crippen molar-refractivity contribution in [3.8, 4) is 0 Å². The maximum Gasteiger partial charge on any atom is 0.326 e. The zero-order valence-electron chi connectivity index (χ0n) is 22.4. The summed E-state index contributed by atoms with van der Waals surface area (Å²) in [5.41, 5.74) is 13.3. The molecule has 1 aromatic heterocycles. The van der Waals surface area contributed by atoms with Gasteiger partial charge < -0.3 is 37.1 Å². The van der Waals surface area contributed by atoms with Gasteiger partial charge in [-0.25, -0.2) is 4.79 Å². The number of amides is 4. The summed E-state index contributed by atoms with van der Waals surface area (Å²) in [6.45, 7) is 0.268. The van der Waals surface area contributed by atoms with E-state index in [-0.39, 0.29) is 25.8 Å². The highest BCUT2D eigenvalue weighted by atomic mass is 16.4. The van der Waals surface area contributed by atoms with Crippen molar-refractivity contribution in [3.63, 3.8) is 0 Å². The molecule has 0 bridgehead atoms. The standard InChI is InChI=1S/C29H34N6O6/c30-20(15-25(31)36)28(39)35-12-6-11-24(35)27(38)33-22(13-17-7-2-1-3-8-17)26(37)34-23(29(40)41)14-18-16-32-21-10-5-4-9-19(18)21/h1-5,7-10,16,20,22-24,32H,6,11-15,30H2,(H2,31,36)(H,33,38)(H,34,37)(H,40,41). The van der Waals surface area contributed by atoms with Crippen molar-refractivity contribution < 1.29 is 29.1 Å². The first-order valence-electron chi connectivity index (χ1n) is 13.4. The van der Waals surface area contributed by atoms with E-state index in [1.165, 1.54) is 4.90 Å². The van der Waals surface area contributed by atoms with Crippen LogP contribution in [0.25, 0.3) is 10.9 Å². The van der Waals surface area contributed by atoms with Gasteiger partial charge in [-0.3, -0.25) is 19.2 Å². The Balaban J connectivity index is 1.51. The second-order valence-corrected chi connectivity index (χ2v) is 10.2. The van der Waals surface area contributed by atoms with Gasteiger partial charge in [0.25, 0.3) is 0 Å². The summed E-state index contributed by atoms with van der Waals surface area (Å²) in [6.07, 6.45) is 2.37. The number of nitrogens with two attached hydrogens (primary N) is 2. The van der Waals surface area contributed by atoms with E-state index in [0.717, 1.165) is 22.0 Å². The molecular weight excluding hydrogens is 528 g/mol. The first-order valence-corrected chi connectivity index (χ1v) is 13.4. The molecule has 0 spiro atoms. The Morgan fingerprint density at radius 1 is 0.976 bits per heavy atom. The first-order chi connectivity index (χ1) is 19.6. The molecule has 216 valence electrons. The third kappa shape index (κ3) is 7.28. The quantitative estimate of drug-likeness (QED) is 0.181. The number of fused-ring (bicyclic) bond motifs is 1. The summed E-state index contributed by atoms with van der Waals surface area (Å²) in [4.78, 5) is 67.5. The lowest BCUT2D eigenvalue weighted by Crippen LogP contribution is -2.57. The zero-order valence-corrected chi connectivity index (χ0v) is 22.4. The van der Waals surface area contributed by atoms with E-state index < -0.39 is 53.8 Å². The Labute approximate surface area is 236 Å². The summed E-state index contributed by atoms with van der Waals surface area (Å²) in [5, 5.41) is 16.1. The number of carboxylic acids is 1. The molecule has 4 atom stereocenters. The minimum absolute atomic E-state index is 0.0275. The van der Waals surface area contributed by atoms with Gasteiger partial charge >= 0.3 is 5.97 Å². The van der Waals surface area contributed by atoms with Crippen LogP contribution in [0.4, 0.5) is 0 Å². The number of para-hydroxylation sites is 1. The smallest absolute Gasteiger partial charge is 0.326 e. The number of carboxylic acid groups (broad SMARTS) is 1. The lowest BCUT2D eigenvalue weighted by molar-refractivity contribution is -0.143. The van der Waals surface area contributed by atoms with Crippen molar-refractivity contribution in [2.75, 3.05) is 6.54 Å². The molecule has 8 N–H and O–H groups in total. The number of nitrogens with zero attached hydrogens (tertiary/aromatic N) is 1. The topological polar surface area (TPSA) is 201 Å². The summed E-state index contributed by atoms with van der Waals surface area (Å²) in [5.74, 6) is -3.76. The molecule has 1 aliphatic rings. The Bertz CT molecular complexity index is 1420. The molecule has 1 saturated heterocycles. The average molecular weight is 563 g/mol. The SMILES string of the molecule is NC(=O)CC(N)C(=O)N1CCCC1C(=O)NC(Cc1ccccc1)C(=O)NC(Cc1c[nH]c2ccccc12)C(=O)O. The van der Waals surface area contributed by atoms with Gasteiger partial charge in [0.15, 0.2) is 0 Å². The maximum absolute atomic E-state index is 13.5. The van der Waals surface area contributed by atoms with E-state index in [0.29, 0.717) is 12.8 Å². The number of aromatic amines is 1. The third-order valence-electron chi connectivity index (χ3n) is 7.21. The monoisotopic (exact) mass is 562 g/mol. The molecule has 3 aromatic rings. The number of aromatic nitrogens is 1. The van der Waals surface area contributed by atoms with Gasteiger partial charge in [-0.2, -0.15) is 0 Å². The number of aliphatic carboxylic acids is 1. The molecule has 41 heavy (non-hydrogen) atoms. The number of benzene rings is 2. The molecule has 2 aromatic carbocycles. The lowest BCUT2D eigenvalue weighted by atomic mass is 10.0. The number of nitrogens with one attached hydrogen (secondary N) is 3. The summed E-state index contributed by atoms with van der Waals surface area (Å²) in [6, 6.07) is 12.0. The largest absolute Gasteiger partial charge is 0.480 e. The predicted octanol–water partition coefficient (Wildman–Crippen LogP) is 0.201. The normalized spacial score (nSPS) is 17.0. The number of likely N-dealkylation sites (tertiary alicyclic amines) is 1. The number of primary amides is 1. The second kappa shape index (κ2) is 13.1. The van der Waals surface area contributed by atoms with Crippen LogP contribution in [0.1, 0.15) is 30.4 Å². The highest BCUT2D eigenvalue weighted by molar-refractivity contribution is 5.95. The van der Waals surface area contributed by atoms with Crippen molar-refractivity contribution in [2.24, 2.45) is 11.5 Å². The molecule has 0 saturated carbocycles. The Morgan fingerprint density at radius 2 is 1.68 bits per heavy atom. The van der Waals surface area contributed by atoms with E-state index in [1.54, 1.807) is 30.5 Å². The first kappa shape index (κ1) is 29.3. The highest BCUT2D eigenvalue weighted by Gasteiger charge is 2.38. The molecule has 4 unspecified atom stereocenters. The number of carbonyl (C=O) groups is 5. The number of rotatable bonds is 12. The second-order valence-electron chi connectivity index (χ2n) is 10.2. The summed E-state index contributed by atoms with van der Waals surface area (Å²) < 4.78 is 0. The Kier molecular flexibility index (Phi) is 9.35. The van der Waals surface area contributed by atoms with Gasteiger partial charge in [0, 0.05) is 36.5 Å². The highest BCUT2D eigenvalue weighted by Crippen LogP contribution is 2.21. The number of carbonyl (C=O) groups excluding carboxylic acids is 4. The minimum atomic E-state index is -1.26. The fraction of sp³-hybridized carbons (Fsp3) is 0.345. The van der Waals surface area contributed by atoms with Crippen molar-refractivity contribution >= 4 is 40.5 Å².